The highest BCUT2D eigenvalue weighted by molar-refractivity contribution is 5.91. The lowest BCUT2D eigenvalue weighted by atomic mass is 9.81. The number of carbonyl (C=O) groups excluding carboxylic acids is 1. The van der Waals surface area contributed by atoms with Crippen LogP contribution in [0.2, 0.25) is 0 Å². The van der Waals surface area contributed by atoms with E-state index in [1.807, 2.05) is 0 Å². The summed E-state index contributed by atoms with van der Waals surface area (Å²) >= 11 is 0. The van der Waals surface area contributed by atoms with E-state index in [2.05, 4.69) is 117 Å². The smallest absolute Gasteiger partial charge is 0.322 e. The van der Waals surface area contributed by atoms with Crippen LogP contribution in [0.5, 0.6) is 0 Å². The number of amides is 2. The molecule has 1 aliphatic carbocycles. The minimum atomic E-state index is 0.0613. The molecule has 2 amide bonds. The van der Waals surface area contributed by atoms with E-state index in [0.717, 1.165) is 50.8 Å². The van der Waals surface area contributed by atoms with Crippen molar-refractivity contribution < 1.29 is 4.79 Å². The maximum Gasteiger partial charge on any atom is 0.322 e. The molecule has 37 heavy (non-hydrogen) atoms. The molecule has 1 N–H and O–H groups in total. The van der Waals surface area contributed by atoms with Crippen molar-refractivity contribution in [2.24, 2.45) is 0 Å². The Morgan fingerprint density at radius 1 is 0.784 bits per heavy atom. The standard InChI is InChI=1S/C34H44N2O/c1-25(2)31-18-11-19-32(26(3)4)33(31)35-34(37)36(24-12-15-27-13-7-5-8-14-27)30-22-20-29(21-23-30)28-16-9-6-10-17-28/h5-11,13-14,16-19,25-26,29-30H,12,15,20-24H2,1-4H3,(H,35,37)/t29-,30+. The predicted octanol–water partition coefficient (Wildman–Crippen LogP) is 9.13. The van der Waals surface area contributed by atoms with Crippen LogP contribution in [0.15, 0.2) is 78.9 Å². The summed E-state index contributed by atoms with van der Waals surface area (Å²) < 4.78 is 0. The Labute approximate surface area is 224 Å². The molecule has 4 rings (SSSR count). The van der Waals surface area contributed by atoms with E-state index in [9.17, 15) is 4.79 Å². The number of nitrogens with zero attached hydrogens (tertiary/aromatic N) is 1. The minimum absolute atomic E-state index is 0.0613. The van der Waals surface area contributed by atoms with Gasteiger partial charge in [0.25, 0.3) is 0 Å². The normalized spacial score (nSPS) is 17.7. The van der Waals surface area contributed by atoms with Crippen LogP contribution < -0.4 is 5.32 Å². The number of anilines is 1. The van der Waals surface area contributed by atoms with E-state index in [1.54, 1.807) is 0 Å². The second-order valence-corrected chi connectivity index (χ2v) is 11.2. The van der Waals surface area contributed by atoms with Crippen molar-refractivity contribution in [2.75, 3.05) is 11.9 Å². The zero-order valence-electron chi connectivity index (χ0n) is 23.1. The fourth-order valence-corrected chi connectivity index (χ4v) is 5.87. The van der Waals surface area contributed by atoms with E-state index < -0.39 is 0 Å². The number of nitrogens with one attached hydrogen (secondary N) is 1. The number of hydrogen-bond donors (Lipinski definition) is 1. The Bertz CT molecular complexity index is 1090. The molecule has 0 aromatic heterocycles. The van der Waals surface area contributed by atoms with Gasteiger partial charge in [-0.25, -0.2) is 4.79 Å². The Morgan fingerprint density at radius 2 is 1.35 bits per heavy atom. The lowest BCUT2D eigenvalue weighted by Crippen LogP contribution is -2.45. The molecule has 0 atom stereocenters. The van der Waals surface area contributed by atoms with Gasteiger partial charge >= 0.3 is 6.03 Å². The number of rotatable bonds is 9. The van der Waals surface area contributed by atoms with Crippen molar-refractivity contribution >= 4 is 11.7 Å². The third-order valence-corrected chi connectivity index (χ3v) is 7.98. The number of hydrogen-bond acceptors (Lipinski definition) is 1. The third kappa shape index (κ3) is 7.03. The summed E-state index contributed by atoms with van der Waals surface area (Å²) in [5.41, 5.74) is 6.23. The quantitative estimate of drug-likeness (QED) is 0.315. The van der Waals surface area contributed by atoms with E-state index in [0.29, 0.717) is 17.8 Å². The van der Waals surface area contributed by atoms with E-state index in [-0.39, 0.29) is 12.1 Å². The maximum absolute atomic E-state index is 14.0. The summed E-state index contributed by atoms with van der Waals surface area (Å²) in [6, 6.07) is 28.3. The molecule has 0 radical (unpaired) electrons. The molecule has 0 aliphatic heterocycles. The molecule has 3 heteroatoms. The Hall–Kier alpha value is -3.07. The number of carbonyl (C=O) groups is 1. The predicted molar refractivity (Wildman–Crippen MR) is 157 cm³/mol. The van der Waals surface area contributed by atoms with Gasteiger partial charge < -0.3 is 10.2 Å². The molecular weight excluding hydrogens is 452 g/mol. The molecule has 0 bridgehead atoms. The first-order chi connectivity index (χ1) is 17.9. The van der Waals surface area contributed by atoms with Gasteiger partial charge in [-0.1, -0.05) is 107 Å². The molecule has 196 valence electrons. The number of aryl methyl sites for hydroxylation is 1. The first kappa shape index (κ1) is 27.0. The molecule has 0 heterocycles. The van der Waals surface area contributed by atoms with Crippen molar-refractivity contribution in [1.82, 2.24) is 4.90 Å². The van der Waals surface area contributed by atoms with Crippen molar-refractivity contribution in [3.63, 3.8) is 0 Å². The lowest BCUT2D eigenvalue weighted by Gasteiger charge is -2.37. The second-order valence-electron chi connectivity index (χ2n) is 11.2. The van der Waals surface area contributed by atoms with Gasteiger partial charge in [0, 0.05) is 18.3 Å². The summed E-state index contributed by atoms with van der Waals surface area (Å²) in [4.78, 5) is 16.1. The Balaban J connectivity index is 1.51. The summed E-state index contributed by atoms with van der Waals surface area (Å²) in [5.74, 6) is 1.30. The fourth-order valence-electron chi connectivity index (χ4n) is 5.87. The molecule has 3 nitrogen and oxygen atoms in total. The van der Waals surface area contributed by atoms with Crippen LogP contribution in [-0.2, 0) is 6.42 Å². The number of benzene rings is 3. The van der Waals surface area contributed by atoms with Crippen molar-refractivity contribution in [1.29, 1.82) is 0 Å². The molecular formula is C34H44N2O. The van der Waals surface area contributed by atoms with Gasteiger partial charge in [0.1, 0.15) is 0 Å². The Morgan fingerprint density at radius 3 is 1.92 bits per heavy atom. The first-order valence-electron chi connectivity index (χ1n) is 14.2. The van der Waals surface area contributed by atoms with Gasteiger partial charge in [0.2, 0.25) is 0 Å². The molecule has 3 aromatic rings. The zero-order chi connectivity index (χ0) is 26.2. The molecule has 0 spiro atoms. The van der Waals surface area contributed by atoms with Crippen LogP contribution >= 0.6 is 0 Å². The van der Waals surface area contributed by atoms with E-state index in [1.165, 1.54) is 22.3 Å². The minimum Gasteiger partial charge on any atom is -0.322 e. The largest absolute Gasteiger partial charge is 0.322 e. The maximum atomic E-state index is 14.0. The van der Waals surface area contributed by atoms with E-state index >= 15 is 0 Å². The van der Waals surface area contributed by atoms with Crippen molar-refractivity contribution in [3.8, 4) is 0 Å². The average Bonchev–Trinajstić information content (AvgIpc) is 2.92. The topological polar surface area (TPSA) is 32.3 Å². The van der Waals surface area contributed by atoms with Crippen LogP contribution in [0.25, 0.3) is 0 Å². The van der Waals surface area contributed by atoms with Crippen molar-refractivity contribution in [2.45, 2.75) is 90.0 Å². The van der Waals surface area contributed by atoms with Crippen molar-refractivity contribution in [3.05, 3.63) is 101 Å². The van der Waals surface area contributed by atoms with Gasteiger partial charge in [0.15, 0.2) is 0 Å². The van der Waals surface area contributed by atoms with Crippen LogP contribution in [-0.4, -0.2) is 23.5 Å². The number of urea groups is 1. The van der Waals surface area contributed by atoms with Gasteiger partial charge in [-0.2, -0.15) is 0 Å². The second kappa shape index (κ2) is 12.9. The van der Waals surface area contributed by atoms with Crippen LogP contribution in [0.1, 0.15) is 99.8 Å². The molecule has 1 saturated carbocycles. The van der Waals surface area contributed by atoms with Crippen LogP contribution in [0.3, 0.4) is 0 Å². The van der Waals surface area contributed by atoms with Crippen LogP contribution in [0.4, 0.5) is 10.5 Å². The third-order valence-electron chi connectivity index (χ3n) is 7.98. The summed E-state index contributed by atoms with van der Waals surface area (Å²) in [5, 5.41) is 3.42. The van der Waals surface area contributed by atoms with Gasteiger partial charge in [-0.15, -0.1) is 0 Å². The molecule has 1 fully saturated rings. The van der Waals surface area contributed by atoms with Gasteiger partial charge in [0.05, 0.1) is 0 Å². The molecule has 0 unspecified atom stereocenters. The molecule has 3 aromatic carbocycles. The van der Waals surface area contributed by atoms with E-state index in [4.69, 9.17) is 0 Å². The monoisotopic (exact) mass is 496 g/mol. The highest BCUT2D eigenvalue weighted by Crippen LogP contribution is 2.36. The molecule has 1 aliphatic rings. The lowest BCUT2D eigenvalue weighted by molar-refractivity contribution is 0.161. The van der Waals surface area contributed by atoms with Crippen LogP contribution in [0, 0.1) is 0 Å². The molecule has 0 saturated heterocycles. The Kier molecular flexibility index (Phi) is 9.44. The van der Waals surface area contributed by atoms with Gasteiger partial charge in [-0.05, 0) is 78.5 Å². The first-order valence-corrected chi connectivity index (χ1v) is 14.2. The summed E-state index contributed by atoms with van der Waals surface area (Å²) in [6.45, 7) is 9.60. The fraction of sp³-hybridized carbons (Fsp3) is 0.441. The average molecular weight is 497 g/mol. The summed E-state index contributed by atoms with van der Waals surface area (Å²) in [6.07, 6.45) is 6.35. The van der Waals surface area contributed by atoms with Gasteiger partial charge in [-0.3, -0.25) is 0 Å². The SMILES string of the molecule is CC(C)c1cccc(C(C)C)c1NC(=O)N(CCCc1ccccc1)[C@H]1CC[C@@H](c2ccccc2)CC1. The number of para-hydroxylation sites is 1. The summed E-state index contributed by atoms with van der Waals surface area (Å²) in [7, 11) is 0. The highest BCUT2D eigenvalue weighted by Gasteiger charge is 2.30. The highest BCUT2D eigenvalue weighted by atomic mass is 16.2. The zero-order valence-corrected chi connectivity index (χ0v) is 23.1.